The van der Waals surface area contributed by atoms with Crippen molar-refractivity contribution in [3.63, 3.8) is 0 Å². The van der Waals surface area contributed by atoms with E-state index in [1.165, 1.54) is 28.1 Å². The molecule has 0 spiro atoms. The maximum Gasteiger partial charge on any atom is 0.431 e. The van der Waals surface area contributed by atoms with E-state index < -0.39 is 35.1 Å². The Labute approximate surface area is 144 Å². The van der Waals surface area contributed by atoms with Crippen LogP contribution in [-0.2, 0) is 24.0 Å². The van der Waals surface area contributed by atoms with Crippen molar-refractivity contribution in [3.05, 3.63) is 0 Å². The van der Waals surface area contributed by atoms with Crippen LogP contribution < -0.4 is 5.48 Å². The first-order chi connectivity index (χ1) is 11.4. The Hall–Kier alpha value is -2.69. The number of barbiturate groups is 1. The Morgan fingerprint density at radius 3 is 2.00 bits per heavy atom. The van der Waals surface area contributed by atoms with Gasteiger partial charge in [-0.25, -0.2) is 14.4 Å². The summed E-state index contributed by atoms with van der Waals surface area (Å²) in [5, 5.41) is 3.56. The molecule has 11 nitrogen and oxygen atoms in total. The first-order valence-corrected chi connectivity index (χ1v) is 7.24. The number of nitrogens with zero attached hydrogens (tertiary/aromatic N) is 3. The number of hydrogen-bond acceptors (Lipinski definition) is 8. The van der Waals surface area contributed by atoms with Gasteiger partial charge in [0, 0.05) is 14.1 Å². The summed E-state index contributed by atoms with van der Waals surface area (Å²) in [5.41, 5.74) is -1.54. The lowest BCUT2D eigenvalue weighted by molar-refractivity contribution is -0.172. The lowest BCUT2D eigenvalue weighted by Crippen LogP contribution is -2.72. The summed E-state index contributed by atoms with van der Waals surface area (Å²) in [7, 11) is 3.54. The average Bonchev–Trinajstić information content (AvgIpc) is 2.50. The third kappa shape index (κ3) is 3.87. The molecule has 0 aliphatic carbocycles. The molecule has 0 unspecified atom stereocenters. The normalized spacial score (nSPS) is 18.4. The van der Waals surface area contributed by atoms with E-state index >= 15 is 0 Å². The van der Waals surface area contributed by atoms with E-state index in [2.05, 4.69) is 9.99 Å². The van der Waals surface area contributed by atoms with E-state index in [9.17, 15) is 19.2 Å². The first-order valence-electron chi connectivity index (χ1n) is 7.24. The van der Waals surface area contributed by atoms with Gasteiger partial charge in [0.15, 0.2) is 0 Å². The molecule has 1 rings (SSSR count). The number of rotatable bonds is 4. The van der Waals surface area contributed by atoms with Gasteiger partial charge in [0.1, 0.15) is 18.4 Å². The number of imide groups is 2. The Bertz CT molecular complexity index is 599. The molecule has 0 bridgehead atoms. The molecular formula is C14H22N4O7. The number of hydrogen-bond donors (Lipinski definition) is 1. The van der Waals surface area contributed by atoms with Crippen LogP contribution in [0.15, 0.2) is 5.16 Å². The van der Waals surface area contributed by atoms with Gasteiger partial charge in [-0.3, -0.25) is 19.4 Å². The quantitative estimate of drug-likeness (QED) is 0.434. The minimum atomic E-state index is -2.40. The van der Waals surface area contributed by atoms with Gasteiger partial charge in [0.25, 0.3) is 17.4 Å². The second-order valence-corrected chi connectivity index (χ2v) is 6.26. The molecule has 1 heterocycles. The van der Waals surface area contributed by atoms with Gasteiger partial charge in [0.05, 0.1) is 0 Å². The number of nitrogens with one attached hydrogen (secondary N) is 1. The van der Waals surface area contributed by atoms with Gasteiger partial charge >= 0.3 is 12.1 Å². The molecule has 1 N–H and O–H groups in total. The molecule has 140 valence electrons. The fraction of sp³-hybridized carbons (Fsp3) is 0.643. The van der Waals surface area contributed by atoms with Crippen molar-refractivity contribution in [2.24, 2.45) is 5.16 Å². The second kappa shape index (κ2) is 7.05. The van der Waals surface area contributed by atoms with Gasteiger partial charge in [0.2, 0.25) is 0 Å². The van der Waals surface area contributed by atoms with Crippen molar-refractivity contribution in [3.8, 4) is 0 Å². The zero-order valence-electron chi connectivity index (χ0n) is 15.2. The predicted octanol–water partition coefficient (Wildman–Crippen LogP) is 0.254. The topological polar surface area (TPSA) is 127 Å². The summed E-state index contributed by atoms with van der Waals surface area (Å²) in [5.74, 6) is -2.06. The van der Waals surface area contributed by atoms with Crippen LogP contribution in [0, 0.1) is 0 Å². The Morgan fingerprint density at radius 1 is 1.12 bits per heavy atom. The summed E-state index contributed by atoms with van der Waals surface area (Å²) in [6.07, 6.45) is -1.03. The molecule has 11 heteroatoms. The molecule has 0 aromatic heterocycles. The SMILES string of the molecule is CO/N=C(\C)C1(ONC(=O)OC(C)(C)C)C(=O)N(C)C(=O)N(C)C1=O. The number of hydroxylamine groups is 1. The molecule has 0 radical (unpaired) electrons. The highest BCUT2D eigenvalue weighted by atomic mass is 16.7. The molecule has 1 fully saturated rings. The Morgan fingerprint density at radius 2 is 1.60 bits per heavy atom. The van der Waals surface area contributed by atoms with Crippen LogP contribution in [0.5, 0.6) is 0 Å². The highest BCUT2D eigenvalue weighted by Gasteiger charge is 2.61. The van der Waals surface area contributed by atoms with Crippen LogP contribution >= 0.6 is 0 Å². The highest BCUT2D eigenvalue weighted by molar-refractivity contribution is 6.34. The van der Waals surface area contributed by atoms with E-state index in [1.54, 1.807) is 20.8 Å². The maximum absolute atomic E-state index is 12.6. The summed E-state index contributed by atoms with van der Waals surface area (Å²) in [6, 6.07) is -0.850. The molecule has 0 aromatic carbocycles. The Kier molecular flexibility index (Phi) is 5.74. The van der Waals surface area contributed by atoms with Gasteiger partial charge in [-0.2, -0.15) is 5.48 Å². The Balaban J connectivity index is 3.25. The van der Waals surface area contributed by atoms with Gasteiger partial charge < -0.3 is 9.57 Å². The molecule has 1 saturated heterocycles. The van der Waals surface area contributed by atoms with Crippen LogP contribution in [0.25, 0.3) is 0 Å². The summed E-state index contributed by atoms with van der Waals surface area (Å²) in [6.45, 7) is 6.15. The largest absolute Gasteiger partial charge is 0.442 e. The monoisotopic (exact) mass is 358 g/mol. The number of carbonyl (C=O) groups excluding carboxylic acids is 4. The van der Waals surface area contributed by atoms with Crippen molar-refractivity contribution in [2.75, 3.05) is 21.2 Å². The van der Waals surface area contributed by atoms with Crippen molar-refractivity contribution in [1.82, 2.24) is 15.3 Å². The van der Waals surface area contributed by atoms with Crippen LogP contribution in [0.2, 0.25) is 0 Å². The van der Waals surface area contributed by atoms with E-state index in [0.717, 1.165) is 0 Å². The number of oxime groups is 1. The number of likely N-dealkylation sites (N-methyl/N-ethyl adjacent to an activating group) is 2. The maximum atomic E-state index is 12.6. The summed E-state index contributed by atoms with van der Waals surface area (Å²) >= 11 is 0. The lowest BCUT2D eigenvalue weighted by atomic mass is 9.93. The standard InChI is InChI=1S/C14H22N4O7/c1-8(15-23-7)14(25-16-11(21)24-13(2,3)4)9(19)17(5)12(22)18(6)10(14)20/h1-7H3,(H,16,21)/b15-8+. The summed E-state index contributed by atoms with van der Waals surface area (Å²) in [4.78, 5) is 60.1. The molecule has 5 amide bonds. The molecule has 1 aliphatic rings. The second-order valence-electron chi connectivity index (χ2n) is 6.26. The fourth-order valence-electron chi connectivity index (χ4n) is 2.05. The van der Waals surface area contributed by atoms with Crippen LogP contribution in [-0.4, -0.2) is 71.9 Å². The van der Waals surface area contributed by atoms with Gasteiger partial charge in [-0.15, -0.1) is 0 Å². The molecule has 0 atom stereocenters. The number of carbonyl (C=O) groups is 4. The zero-order chi connectivity index (χ0) is 19.6. The minimum absolute atomic E-state index is 0.216. The molecule has 0 aromatic rings. The van der Waals surface area contributed by atoms with E-state index in [0.29, 0.717) is 9.80 Å². The van der Waals surface area contributed by atoms with E-state index in [1.807, 2.05) is 5.48 Å². The van der Waals surface area contributed by atoms with Gasteiger partial charge in [-0.05, 0) is 27.7 Å². The summed E-state index contributed by atoms with van der Waals surface area (Å²) < 4.78 is 5.00. The minimum Gasteiger partial charge on any atom is -0.442 e. The van der Waals surface area contributed by atoms with Crippen molar-refractivity contribution in [1.29, 1.82) is 0 Å². The molecular weight excluding hydrogens is 336 g/mol. The molecule has 25 heavy (non-hydrogen) atoms. The zero-order valence-corrected chi connectivity index (χ0v) is 15.2. The van der Waals surface area contributed by atoms with E-state index in [4.69, 9.17) is 9.57 Å². The van der Waals surface area contributed by atoms with Crippen LogP contribution in [0.1, 0.15) is 27.7 Å². The number of urea groups is 1. The van der Waals surface area contributed by atoms with Crippen LogP contribution in [0.3, 0.4) is 0 Å². The smallest absolute Gasteiger partial charge is 0.431 e. The first kappa shape index (κ1) is 20.4. The average molecular weight is 358 g/mol. The third-order valence-electron chi connectivity index (χ3n) is 3.21. The fourth-order valence-corrected chi connectivity index (χ4v) is 2.05. The van der Waals surface area contributed by atoms with Gasteiger partial charge in [-0.1, -0.05) is 5.16 Å². The lowest BCUT2D eigenvalue weighted by Gasteiger charge is -2.39. The molecule has 1 aliphatic heterocycles. The van der Waals surface area contributed by atoms with Crippen LogP contribution in [0.4, 0.5) is 9.59 Å². The van der Waals surface area contributed by atoms with Crippen molar-refractivity contribution >= 4 is 29.7 Å². The van der Waals surface area contributed by atoms with Crippen molar-refractivity contribution in [2.45, 2.75) is 38.9 Å². The van der Waals surface area contributed by atoms with Crippen molar-refractivity contribution < 1.29 is 33.6 Å². The predicted molar refractivity (Wildman–Crippen MR) is 84.2 cm³/mol. The third-order valence-corrected chi connectivity index (χ3v) is 3.21. The number of amides is 5. The highest BCUT2D eigenvalue weighted by Crippen LogP contribution is 2.25. The van der Waals surface area contributed by atoms with E-state index in [-0.39, 0.29) is 5.71 Å². The number of ether oxygens (including phenoxy) is 1. The molecule has 0 saturated carbocycles.